The largest absolute Gasteiger partial charge is 0.481 e. The maximum absolute atomic E-state index is 13.4. The average molecular weight is 545 g/mol. The lowest BCUT2D eigenvalue weighted by Gasteiger charge is -2.28. The Balaban J connectivity index is 1.46. The van der Waals surface area contributed by atoms with E-state index in [4.69, 9.17) is 9.47 Å². The molecule has 1 aliphatic rings. The van der Waals surface area contributed by atoms with E-state index in [1.807, 2.05) is 80.6 Å². The minimum atomic E-state index is -1.10. The smallest absolute Gasteiger partial charge is 0.407 e. The fraction of sp³-hybridized carbons (Fsp3) is 0.344. The highest BCUT2D eigenvalue weighted by atomic mass is 16.5. The lowest BCUT2D eigenvalue weighted by molar-refractivity contribution is -0.138. The van der Waals surface area contributed by atoms with Crippen molar-refractivity contribution in [2.45, 2.75) is 57.9 Å². The van der Waals surface area contributed by atoms with Crippen LogP contribution in [0.1, 0.15) is 49.8 Å². The zero-order chi connectivity index (χ0) is 28.6. The number of hydrogen-bond donors (Lipinski definition) is 3. The molecule has 0 saturated carbocycles. The van der Waals surface area contributed by atoms with Gasteiger partial charge < -0.3 is 25.2 Å². The third-order valence-electron chi connectivity index (χ3n) is 7.25. The van der Waals surface area contributed by atoms with E-state index in [0.717, 1.165) is 27.8 Å². The molecule has 0 fully saturated rings. The predicted octanol–water partition coefficient (Wildman–Crippen LogP) is 5.11. The van der Waals surface area contributed by atoms with Crippen molar-refractivity contribution < 1.29 is 29.0 Å². The Morgan fingerprint density at radius 2 is 1.40 bits per heavy atom. The molecule has 8 nitrogen and oxygen atoms in total. The number of fused-ring (bicyclic) bond motifs is 3. The summed E-state index contributed by atoms with van der Waals surface area (Å²) < 4.78 is 11.6. The zero-order valence-corrected chi connectivity index (χ0v) is 23.0. The molecule has 1 aliphatic carbocycles. The van der Waals surface area contributed by atoms with Crippen molar-refractivity contribution in [3.05, 3.63) is 95.6 Å². The number of hydrogen-bond acceptors (Lipinski definition) is 5. The molecule has 210 valence electrons. The molecule has 0 radical (unpaired) electrons. The van der Waals surface area contributed by atoms with E-state index >= 15 is 0 Å². The van der Waals surface area contributed by atoms with Crippen molar-refractivity contribution in [1.82, 2.24) is 10.6 Å². The molecule has 3 N–H and O–H groups in total. The highest BCUT2D eigenvalue weighted by Crippen LogP contribution is 2.44. The molecule has 3 aromatic rings. The first-order valence-electron chi connectivity index (χ1n) is 13.5. The molecular weight excluding hydrogens is 508 g/mol. The van der Waals surface area contributed by atoms with Gasteiger partial charge in [-0.1, -0.05) is 92.7 Å². The van der Waals surface area contributed by atoms with E-state index in [2.05, 4.69) is 22.8 Å². The summed E-state index contributed by atoms with van der Waals surface area (Å²) in [6, 6.07) is 23.9. The number of nitrogens with one attached hydrogen (secondary N) is 2. The Morgan fingerprint density at radius 1 is 0.825 bits per heavy atom. The summed E-state index contributed by atoms with van der Waals surface area (Å²) in [4.78, 5) is 37.8. The molecular formula is C32H36N2O6. The quantitative estimate of drug-likeness (QED) is 0.292. The molecule has 8 heteroatoms. The highest BCUT2D eigenvalue weighted by Gasteiger charge is 2.33. The summed E-state index contributed by atoms with van der Waals surface area (Å²) in [5.41, 5.74) is 5.31. The number of aliphatic carboxylic acids is 1. The van der Waals surface area contributed by atoms with Crippen molar-refractivity contribution >= 4 is 18.0 Å². The van der Waals surface area contributed by atoms with Crippen LogP contribution < -0.4 is 10.6 Å². The summed E-state index contributed by atoms with van der Waals surface area (Å²) in [6.07, 6.45) is -1.71. The maximum atomic E-state index is 13.4. The number of ether oxygens (including phenoxy) is 2. The lowest BCUT2D eigenvalue weighted by Crippen LogP contribution is -2.56. The molecule has 0 bridgehead atoms. The van der Waals surface area contributed by atoms with Crippen LogP contribution >= 0.6 is 0 Å². The monoisotopic (exact) mass is 544 g/mol. The second-order valence-corrected chi connectivity index (χ2v) is 10.4. The summed E-state index contributed by atoms with van der Waals surface area (Å²) >= 11 is 0. The van der Waals surface area contributed by atoms with Gasteiger partial charge in [-0.3, -0.25) is 9.59 Å². The second kappa shape index (κ2) is 13.3. The van der Waals surface area contributed by atoms with Gasteiger partial charge in [0.25, 0.3) is 0 Å². The van der Waals surface area contributed by atoms with Gasteiger partial charge in [-0.2, -0.15) is 0 Å². The van der Waals surface area contributed by atoms with Crippen LogP contribution in [0.5, 0.6) is 0 Å². The summed E-state index contributed by atoms with van der Waals surface area (Å²) in [7, 11) is 0. The van der Waals surface area contributed by atoms with Crippen molar-refractivity contribution in [3.63, 3.8) is 0 Å². The van der Waals surface area contributed by atoms with Gasteiger partial charge in [0.15, 0.2) is 0 Å². The first-order valence-corrected chi connectivity index (χ1v) is 13.5. The molecule has 0 spiro atoms. The van der Waals surface area contributed by atoms with Gasteiger partial charge in [0, 0.05) is 12.0 Å². The Morgan fingerprint density at radius 3 is 1.98 bits per heavy atom. The molecule has 4 rings (SSSR count). The van der Waals surface area contributed by atoms with Crippen molar-refractivity contribution in [2.75, 3.05) is 6.61 Å². The molecule has 40 heavy (non-hydrogen) atoms. The first-order chi connectivity index (χ1) is 19.2. The molecule has 0 aliphatic heterocycles. The number of carboxylic acid groups (broad SMARTS) is 1. The summed E-state index contributed by atoms with van der Waals surface area (Å²) in [5.74, 6) is -1.81. The Labute approximate surface area is 234 Å². The predicted molar refractivity (Wildman–Crippen MR) is 152 cm³/mol. The first kappa shape index (κ1) is 28.8. The van der Waals surface area contributed by atoms with Crippen molar-refractivity contribution in [2.24, 2.45) is 5.92 Å². The fourth-order valence-corrected chi connectivity index (χ4v) is 4.98. The van der Waals surface area contributed by atoms with Gasteiger partial charge in [0.05, 0.1) is 19.1 Å². The van der Waals surface area contributed by atoms with Gasteiger partial charge in [-0.15, -0.1) is 0 Å². The van der Waals surface area contributed by atoms with E-state index in [1.165, 1.54) is 0 Å². The molecule has 0 aromatic heterocycles. The topological polar surface area (TPSA) is 114 Å². The molecule has 3 aromatic carbocycles. The standard InChI is InChI=1S/C32H36N2O6/c1-20(2)28(17-29(35)36)33-31(37)30(21(3)39-18-22-11-5-4-6-12-22)34-32(38)40-19-27-25-15-9-7-13-23(25)24-14-8-10-16-26(24)27/h4-16,20-21,27-28,30H,17-19H2,1-3H3,(H,33,37)(H,34,38)(H,35,36)/t21-,28-,30+/m0/s1. The molecule has 3 atom stereocenters. The van der Waals surface area contributed by atoms with Crippen LogP contribution in [0.25, 0.3) is 11.1 Å². The van der Waals surface area contributed by atoms with Crippen LogP contribution in [0.4, 0.5) is 4.79 Å². The number of carboxylic acids is 1. The number of carbonyl (C=O) groups is 3. The van der Waals surface area contributed by atoms with Crippen LogP contribution in [-0.4, -0.2) is 47.9 Å². The summed E-state index contributed by atoms with van der Waals surface area (Å²) in [6.45, 7) is 5.69. The van der Waals surface area contributed by atoms with Gasteiger partial charge in [-0.25, -0.2) is 4.79 Å². The van der Waals surface area contributed by atoms with E-state index in [1.54, 1.807) is 6.92 Å². The Hall–Kier alpha value is -4.17. The molecule has 0 saturated heterocycles. The maximum Gasteiger partial charge on any atom is 0.407 e. The van der Waals surface area contributed by atoms with Gasteiger partial charge in [-0.05, 0) is 40.7 Å². The Kier molecular flexibility index (Phi) is 9.56. The van der Waals surface area contributed by atoms with Gasteiger partial charge >= 0.3 is 12.1 Å². The summed E-state index contributed by atoms with van der Waals surface area (Å²) in [5, 5.41) is 14.8. The van der Waals surface area contributed by atoms with E-state index in [9.17, 15) is 19.5 Å². The highest BCUT2D eigenvalue weighted by molar-refractivity contribution is 5.87. The van der Waals surface area contributed by atoms with Crippen LogP contribution in [0.3, 0.4) is 0 Å². The minimum absolute atomic E-state index is 0.0983. The number of amides is 2. The van der Waals surface area contributed by atoms with E-state index < -0.39 is 36.2 Å². The van der Waals surface area contributed by atoms with Crippen LogP contribution in [-0.2, 0) is 25.7 Å². The zero-order valence-electron chi connectivity index (χ0n) is 23.0. The second-order valence-electron chi connectivity index (χ2n) is 10.4. The molecule has 0 heterocycles. The van der Waals surface area contributed by atoms with Crippen LogP contribution in [0.15, 0.2) is 78.9 Å². The normalized spacial score (nSPS) is 14.5. The number of benzene rings is 3. The van der Waals surface area contributed by atoms with E-state index in [-0.39, 0.29) is 31.5 Å². The molecule has 2 amide bonds. The SMILES string of the molecule is CC(C)[C@H](CC(=O)O)NC(=O)[C@H](NC(=O)OCC1c2ccccc2-c2ccccc21)[C@H](C)OCc1ccccc1. The van der Waals surface area contributed by atoms with Gasteiger partial charge in [0.1, 0.15) is 12.6 Å². The van der Waals surface area contributed by atoms with E-state index in [0.29, 0.717) is 0 Å². The molecule has 0 unspecified atom stereocenters. The number of alkyl carbamates (subject to hydrolysis) is 1. The van der Waals surface area contributed by atoms with Crippen molar-refractivity contribution in [3.8, 4) is 11.1 Å². The third kappa shape index (κ3) is 7.07. The Bertz CT molecular complexity index is 1280. The van der Waals surface area contributed by atoms with Gasteiger partial charge in [0.2, 0.25) is 5.91 Å². The minimum Gasteiger partial charge on any atom is -0.481 e. The lowest BCUT2D eigenvalue weighted by atomic mass is 9.98. The van der Waals surface area contributed by atoms with Crippen LogP contribution in [0, 0.1) is 5.92 Å². The van der Waals surface area contributed by atoms with Crippen molar-refractivity contribution in [1.29, 1.82) is 0 Å². The third-order valence-corrected chi connectivity index (χ3v) is 7.25. The van der Waals surface area contributed by atoms with Crippen LogP contribution in [0.2, 0.25) is 0 Å². The fourth-order valence-electron chi connectivity index (χ4n) is 4.98. The number of rotatable bonds is 12. The number of carbonyl (C=O) groups excluding carboxylic acids is 2. The average Bonchev–Trinajstić information content (AvgIpc) is 3.27.